The van der Waals surface area contributed by atoms with E-state index in [0.717, 1.165) is 38.8 Å². The minimum atomic E-state index is -0.371. The van der Waals surface area contributed by atoms with Crippen molar-refractivity contribution < 1.29 is 9.53 Å². The van der Waals surface area contributed by atoms with Crippen LogP contribution in [0.25, 0.3) is 33.1 Å². The second-order valence-corrected chi connectivity index (χ2v) is 5.51. The highest BCUT2D eigenvalue weighted by atomic mass is 16.5. The lowest BCUT2D eigenvalue weighted by Gasteiger charge is -1.98. The van der Waals surface area contributed by atoms with Gasteiger partial charge >= 0.3 is 5.97 Å². The van der Waals surface area contributed by atoms with E-state index in [1.54, 1.807) is 6.07 Å². The van der Waals surface area contributed by atoms with Gasteiger partial charge in [0, 0.05) is 33.2 Å². The van der Waals surface area contributed by atoms with Gasteiger partial charge in [-0.2, -0.15) is 0 Å². The van der Waals surface area contributed by atoms with Crippen molar-refractivity contribution in [3.8, 4) is 11.3 Å². The van der Waals surface area contributed by atoms with Crippen LogP contribution < -0.4 is 5.73 Å². The molecule has 0 saturated carbocycles. The number of hydrogen-bond acceptors (Lipinski definition) is 3. The summed E-state index contributed by atoms with van der Waals surface area (Å²) in [5.41, 5.74) is 11.0. The third kappa shape index (κ3) is 2.23. The molecule has 0 aliphatic heterocycles. The highest BCUT2D eigenvalue weighted by Crippen LogP contribution is 2.28. The molecule has 0 amide bonds. The lowest BCUT2D eigenvalue weighted by atomic mass is 10.1. The Hall–Kier alpha value is -3.21. The highest BCUT2D eigenvalue weighted by Gasteiger charge is 2.11. The number of anilines is 1. The first-order valence-electron chi connectivity index (χ1n) is 7.24. The Morgan fingerprint density at radius 1 is 0.957 bits per heavy atom. The van der Waals surface area contributed by atoms with E-state index in [0.29, 0.717) is 5.69 Å². The first kappa shape index (κ1) is 13.5. The number of carbonyl (C=O) groups excluding carboxylic acids is 1. The quantitative estimate of drug-likeness (QED) is 0.390. The number of aromatic amines is 2. The largest absolute Gasteiger partial charge is 0.464 e. The van der Waals surface area contributed by atoms with Crippen molar-refractivity contribution in [2.75, 3.05) is 12.8 Å². The Morgan fingerprint density at radius 3 is 2.52 bits per heavy atom. The number of nitrogens with one attached hydrogen (secondary N) is 2. The fourth-order valence-electron chi connectivity index (χ4n) is 2.83. The Kier molecular flexibility index (Phi) is 2.87. The lowest BCUT2D eigenvalue weighted by molar-refractivity contribution is 0.0595. The fraction of sp³-hybridized carbons (Fsp3) is 0.0556. The molecule has 5 heteroatoms. The molecule has 0 radical (unpaired) electrons. The number of fused-ring (bicyclic) bond motifs is 2. The number of esters is 1. The summed E-state index contributed by atoms with van der Waals surface area (Å²) in [7, 11) is 1.37. The molecule has 0 unspecified atom stereocenters. The molecule has 0 aliphatic carbocycles. The summed E-state index contributed by atoms with van der Waals surface area (Å²) in [4.78, 5) is 18.1. The van der Waals surface area contributed by atoms with E-state index in [4.69, 9.17) is 10.5 Å². The number of aromatic nitrogens is 2. The van der Waals surface area contributed by atoms with Gasteiger partial charge in [-0.25, -0.2) is 4.79 Å². The van der Waals surface area contributed by atoms with Crippen LogP contribution in [0, 0.1) is 0 Å². The minimum absolute atomic E-state index is 0.371. The van der Waals surface area contributed by atoms with Gasteiger partial charge < -0.3 is 20.4 Å². The van der Waals surface area contributed by atoms with E-state index >= 15 is 0 Å². The van der Waals surface area contributed by atoms with Crippen molar-refractivity contribution >= 4 is 33.5 Å². The number of benzene rings is 2. The molecule has 5 nitrogen and oxygen atoms in total. The minimum Gasteiger partial charge on any atom is -0.464 e. The Bertz CT molecular complexity index is 1040. The number of nitrogen functional groups attached to an aromatic ring is 1. The van der Waals surface area contributed by atoms with Crippen LogP contribution in [0.15, 0.2) is 48.5 Å². The van der Waals surface area contributed by atoms with Crippen molar-refractivity contribution in [1.82, 2.24) is 9.97 Å². The SMILES string of the molecule is COC(=O)c1cc2cc(-c3cc4cc(N)ccc4[nH]3)ccc2[nH]1. The maximum atomic E-state index is 11.6. The number of methoxy groups -OCH3 is 1. The van der Waals surface area contributed by atoms with Crippen molar-refractivity contribution in [2.24, 2.45) is 0 Å². The number of hydrogen-bond donors (Lipinski definition) is 3. The van der Waals surface area contributed by atoms with Crippen LogP contribution in [-0.2, 0) is 4.74 Å². The van der Waals surface area contributed by atoms with Crippen molar-refractivity contribution in [3.05, 3.63) is 54.2 Å². The number of nitrogens with two attached hydrogens (primary N) is 1. The molecular formula is C18H15N3O2. The third-order valence-corrected chi connectivity index (χ3v) is 3.98. The molecule has 114 valence electrons. The average Bonchev–Trinajstić information content (AvgIpc) is 3.16. The molecule has 0 atom stereocenters. The van der Waals surface area contributed by atoms with Gasteiger partial charge in [0.1, 0.15) is 5.69 Å². The van der Waals surface area contributed by atoms with Crippen LogP contribution in [0.4, 0.5) is 5.69 Å². The summed E-state index contributed by atoms with van der Waals surface area (Å²) in [5.74, 6) is -0.371. The average molecular weight is 305 g/mol. The molecular weight excluding hydrogens is 290 g/mol. The predicted octanol–water partition coefficient (Wildman–Crippen LogP) is 3.69. The molecule has 0 spiro atoms. The van der Waals surface area contributed by atoms with E-state index in [1.807, 2.05) is 36.4 Å². The van der Waals surface area contributed by atoms with Crippen molar-refractivity contribution in [2.45, 2.75) is 0 Å². The summed E-state index contributed by atoms with van der Waals surface area (Å²) in [6.07, 6.45) is 0. The van der Waals surface area contributed by atoms with Gasteiger partial charge in [0.15, 0.2) is 0 Å². The molecule has 4 N–H and O–H groups in total. The first-order valence-corrected chi connectivity index (χ1v) is 7.24. The van der Waals surface area contributed by atoms with Crippen molar-refractivity contribution in [1.29, 1.82) is 0 Å². The van der Waals surface area contributed by atoms with Crippen molar-refractivity contribution in [3.63, 3.8) is 0 Å². The van der Waals surface area contributed by atoms with E-state index in [2.05, 4.69) is 16.0 Å². The van der Waals surface area contributed by atoms with Crippen LogP contribution >= 0.6 is 0 Å². The van der Waals surface area contributed by atoms with Gasteiger partial charge in [0.2, 0.25) is 0 Å². The van der Waals surface area contributed by atoms with Crippen LogP contribution in [-0.4, -0.2) is 23.0 Å². The van der Waals surface area contributed by atoms with Gasteiger partial charge in [-0.05, 0) is 48.0 Å². The fourth-order valence-corrected chi connectivity index (χ4v) is 2.83. The maximum Gasteiger partial charge on any atom is 0.354 e. The normalized spacial score (nSPS) is 11.2. The molecule has 4 rings (SSSR count). The molecule has 0 aliphatic rings. The van der Waals surface area contributed by atoms with E-state index in [9.17, 15) is 4.79 Å². The molecule has 2 aromatic heterocycles. The van der Waals surface area contributed by atoms with Gasteiger partial charge in [0.25, 0.3) is 0 Å². The van der Waals surface area contributed by atoms with Crippen LogP contribution in [0.3, 0.4) is 0 Å². The maximum absolute atomic E-state index is 11.6. The zero-order chi connectivity index (χ0) is 16.0. The molecule has 0 fully saturated rings. The summed E-state index contributed by atoms with van der Waals surface area (Å²) in [6.45, 7) is 0. The van der Waals surface area contributed by atoms with Gasteiger partial charge in [-0.15, -0.1) is 0 Å². The summed E-state index contributed by atoms with van der Waals surface area (Å²) < 4.78 is 4.74. The molecule has 2 heterocycles. The number of rotatable bonds is 2. The Labute approximate surface area is 132 Å². The Balaban J connectivity index is 1.82. The Morgan fingerprint density at radius 2 is 1.70 bits per heavy atom. The molecule has 23 heavy (non-hydrogen) atoms. The zero-order valence-electron chi connectivity index (χ0n) is 12.5. The second kappa shape index (κ2) is 4.91. The lowest BCUT2D eigenvalue weighted by Crippen LogP contribution is -2.00. The number of ether oxygens (including phenoxy) is 1. The monoisotopic (exact) mass is 305 g/mol. The summed E-state index contributed by atoms with van der Waals surface area (Å²) in [6, 6.07) is 15.7. The van der Waals surface area contributed by atoms with E-state index < -0.39 is 0 Å². The zero-order valence-corrected chi connectivity index (χ0v) is 12.5. The smallest absolute Gasteiger partial charge is 0.354 e. The summed E-state index contributed by atoms with van der Waals surface area (Å²) in [5, 5.41) is 2.03. The second-order valence-electron chi connectivity index (χ2n) is 5.51. The molecule has 0 saturated heterocycles. The van der Waals surface area contributed by atoms with Gasteiger partial charge in [-0.3, -0.25) is 0 Å². The topological polar surface area (TPSA) is 83.9 Å². The molecule has 2 aromatic carbocycles. The van der Waals surface area contributed by atoms with Gasteiger partial charge in [0.05, 0.1) is 7.11 Å². The number of H-pyrrole nitrogens is 2. The van der Waals surface area contributed by atoms with E-state index in [1.165, 1.54) is 7.11 Å². The highest BCUT2D eigenvalue weighted by molar-refractivity contribution is 5.96. The van der Waals surface area contributed by atoms with Crippen LogP contribution in [0.1, 0.15) is 10.5 Å². The van der Waals surface area contributed by atoms with Crippen LogP contribution in [0.2, 0.25) is 0 Å². The van der Waals surface area contributed by atoms with E-state index in [-0.39, 0.29) is 5.97 Å². The molecule has 0 bridgehead atoms. The molecule has 4 aromatic rings. The van der Waals surface area contributed by atoms with Crippen LogP contribution in [0.5, 0.6) is 0 Å². The predicted molar refractivity (Wildman–Crippen MR) is 91.3 cm³/mol. The van der Waals surface area contributed by atoms with Gasteiger partial charge in [-0.1, -0.05) is 6.07 Å². The summed E-state index contributed by atoms with van der Waals surface area (Å²) >= 11 is 0. The number of carbonyl (C=O) groups is 1. The standard InChI is InChI=1S/C18H15N3O2/c1-23-18(22)17-9-11-6-10(2-4-14(11)21-17)16-8-12-7-13(19)3-5-15(12)20-16/h2-9,20-21H,19H2,1H3. The first-order chi connectivity index (χ1) is 11.1. The third-order valence-electron chi connectivity index (χ3n) is 3.98.